The van der Waals surface area contributed by atoms with Crippen molar-refractivity contribution in [2.75, 3.05) is 18.5 Å². The van der Waals surface area contributed by atoms with Crippen molar-refractivity contribution in [3.8, 4) is 5.75 Å². The highest BCUT2D eigenvalue weighted by molar-refractivity contribution is 9.10. The first kappa shape index (κ1) is 17.9. The molecule has 5 nitrogen and oxygen atoms in total. The predicted molar refractivity (Wildman–Crippen MR) is 92.7 cm³/mol. The third-order valence-electron chi connectivity index (χ3n) is 3.03. The SMILES string of the molecule is CCNC(=O)COc1ccc(NC(=O)c2cc(Br)ccc2F)cc1. The lowest BCUT2D eigenvalue weighted by Crippen LogP contribution is -2.28. The number of carbonyl (C=O) groups excluding carboxylic acids is 2. The maximum absolute atomic E-state index is 13.7. The minimum Gasteiger partial charge on any atom is -0.484 e. The van der Waals surface area contributed by atoms with E-state index in [2.05, 4.69) is 26.6 Å². The lowest BCUT2D eigenvalue weighted by molar-refractivity contribution is -0.122. The van der Waals surface area contributed by atoms with Crippen molar-refractivity contribution in [3.05, 3.63) is 58.3 Å². The minimum atomic E-state index is -0.599. The van der Waals surface area contributed by atoms with E-state index in [0.29, 0.717) is 22.5 Å². The van der Waals surface area contributed by atoms with Crippen LogP contribution in [-0.4, -0.2) is 25.0 Å². The van der Waals surface area contributed by atoms with Gasteiger partial charge in [-0.2, -0.15) is 0 Å². The van der Waals surface area contributed by atoms with Crippen LogP contribution in [0.15, 0.2) is 46.9 Å². The Kier molecular flexibility index (Phi) is 6.31. The van der Waals surface area contributed by atoms with Crippen LogP contribution in [0, 0.1) is 5.82 Å². The molecule has 0 unspecified atom stereocenters. The average Bonchev–Trinajstić information content (AvgIpc) is 2.56. The molecule has 2 aromatic carbocycles. The van der Waals surface area contributed by atoms with Crippen molar-refractivity contribution in [1.29, 1.82) is 0 Å². The van der Waals surface area contributed by atoms with Gasteiger partial charge in [0.25, 0.3) is 11.8 Å². The third kappa shape index (κ3) is 5.06. The Morgan fingerprint density at radius 3 is 2.54 bits per heavy atom. The standard InChI is InChI=1S/C17H16BrFN2O3/c1-2-20-16(22)10-24-13-6-4-12(5-7-13)21-17(23)14-9-11(18)3-8-15(14)19/h3-9H,2,10H2,1H3,(H,20,22)(H,21,23). The molecule has 2 rings (SSSR count). The molecule has 0 aromatic heterocycles. The number of anilines is 1. The van der Waals surface area contributed by atoms with Gasteiger partial charge in [-0.3, -0.25) is 9.59 Å². The topological polar surface area (TPSA) is 67.4 Å². The van der Waals surface area contributed by atoms with Gasteiger partial charge in [-0.15, -0.1) is 0 Å². The summed E-state index contributed by atoms with van der Waals surface area (Å²) in [5.41, 5.74) is 0.436. The number of nitrogens with one attached hydrogen (secondary N) is 2. The molecule has 2 amide bonds. The number of likely N-dealkylation sites (N-methyl/N-ethyl adjacent to an activating group) is 1. The van der Waals surface area contributed by atoms with Crippen molar-refractivity contribution in [3.63, 3.8) is 0 Å². The van der Waals surface area contributed by atoms with Crippen LogP contribution >= 0.6 is 15.9 Å². The van der Waals surface area contributed by atoms with Gasteiger partial charge < -0.3 is 15.4 Å². The fraction of sp³-hybridized carbons (Fsp3) is 0.176. The second kappa shape index (κ2) is 8.44. The summed E-state index contributed by atoms with van der Waals surface area (Å²) in [4.78, 5) is 23.4. The quantitative estimate of drug-likeness (QED) is 0.789. The number of benzene rings is 2. The molecule has 0 saturated heterocycles. The smallest absolute Gasteiger partial charge is 0.258 e. The summed E-state index contributed by atoms with van der Waals surface area (Å²) in [6.45, 7) is 2.28. The summed E-state index contributed by atoms with van der Waals surface area (Å²) in [7, 11) is 0. The van der Waals surface area contributed by atoms with Crippen LogP contribution in [0.1, 0.15) is 17.3 Å². The zero-order chi connectivity index (χ0) is 17.5. The van der Waals surface area contributed by atoms with Gasteiger partial charge in [0.05, 0.1) is 5.56 Å². The first-order valence-corrected chi connectivity index (χ1v) is 8.05. The zero-order valence-corrected chi connectivity index (χ0v) is 14.5. The minimum absolute atomic E-state index is 0.0547. The Bertz CT molecular complexity index is 735. The molecule has 0 radical (unpaired) electrons. The highest BCUT2D eigenvalue weighted by Crippen LogP contribution is 2.19. The molecule has 0 fully saturated rings. The fourth-order valence-electron chi connectivity index (χ4n) is 1.90. The van der Waals surface area contributed by atoms with Crippen LogP contribution in [0.2, 0.25) is 0 Å². The maximum atomic E-state index is 13.7. The van der Waals surface area contributed by atoms with Crippen molar-refractivity contribution in [2.45, 2.75) is 6.92 Å². The molecular formula is C17H16BrFN2O3. The molecule has 0 bridgehead atoms. The van der Waals surface area contributed by atoms with E-state index in [1.54, 1.807) is 24.3 Å². The van der Waals surface area contributed by atoms with E-state index in [1.165, 1.54) is 18.2 Å². The van der Waals surface area contributed by atoms with E-state index >= 15 is 0 Å². The van der Waals surface area contributed by atoms with E-state index < -0.39 is 11.7 Å². The Labute approximate surface area is 147 Å². The fourth-order valence-corrected chi connectivity index (χ4v) is 2.26. The van der Waals surface area contributed by atoms with E-state index in [4.69, 9.17) is 4.74 Å². The van der Waals surface area contributed by atoms with E-state index in [-0.39, 0.29) is 18.1 Å². The molecule has 0 saturated carbocycles. The summed E-state index contributed by atoms with van der Waals surface area (Å²) < 4.78 is 19.6. The highest BCUT2D eigenvalue weighted by atomic mass is 79.9. The maximum Gasteiger partial charge on any atom is 0.258 e. The molecule has 2 aromatic rings. The largest absolute Gasteiger partial charge is 0.484 e. The van der Waals surface area contributed by atoms with Gasteiger partial charge in [-0.25, -0.2) is 4.39 Å². The van der Waals surface area contributed by atoms with Gasteiger partial charge in [-0.1, -0.05) is 15.9 Å². The Hall–Kier alpha value is -2.41. The molecular weight excluding hydrogens is 379 g/mol. The van der Waals surface area contributed by atoms with E-state index in [0.717, 1.165) is 0 Å². The number of amides is 2. The van der Waals surface area contributed by atoms with E-state index in [1.807, 2.05) is 6.92 Å². The summed E-state index contributed by atoms with van der Waals surface area (Å²) in [6, 6.07) is 10.6. The number of halogens is 2. The van der Waals surface area contributed by atoms with Crippen LogP contribution < -0.4 is 15.4 Å². The summed E-state index contributed by atoms with van der Waals surface area (Å²) >= 11 is 3.20. The lowest BCUT2D eigenvalue weighted by atomic mass is 10.2. The molecule has 0 aliphatic rings. The van der Waals surface area contributed by atoms with Gasteiger partial charge in [0.15, 0.2) is 6.61 Å². The van der Waals surface area contributed by atoms with Crippen LogP contribution in [0.5, 0.6) is 5.75 Å². The first-order chi connectivity index (χ1) is 11.5. The van der Waals surface area contributed by atoms with Crippen molar-refractivity contribution in [1.82, 2.24) is 5.32 Å². The van der Waals surface area contributed by atoms with Crippen LogP contribution in [-0.2, 0) is 4.79 Å². The molecule has 0 aliphatic heterocycles. The number of hydrogen-bond acceptors (Lipinski definition) is 3. The second-order valence-corrected chi connectivity index (χ2v) is 5.76. The van der Waals surface area contributed by atoms with Gasteiger partial charge in [0.1, 0.15) is 11.6 Å². The number of carbonyl (C=O) groups is 2. The van der Waals surface area contributed by atoms with Crippen molar-refractivity contribution >= 4 is 33.4 Å². The first-order valence-electron chi connectivity index (χ1n) is 7.25. The summed E-state index contributed by atoms with van der Waals surface area (Å²) in [5, 5.41) is 5.22. The molecule has 0 spiro atoms. The molecule has 7 heteroatoms. The van der Waals surface area contributed by atoms with Gasteiger partial charge >= 0.3 is 0 Å². The molecule has 0 aliphatic carbocycles. The van der Waals surface area contributed by atoms with Gasteiger partial charge in [0, 0.05) is 16.7 Å². The molecule has 126 valence electrons. The number of hydrogen-bond donors (Lipinski definition) is 2. The van der Waals surface area contributed by atoms with Gasteiger partial charge in [-0.05, 0) is 49.4 Å². The lowest BCUT2D eigenvalue weighted by Gasteiger charge is -2.09. The Balaban J connectivity index is 1.97. The summed E-state index contributed by atoms with van der Waals surface area (Å²) in [5.74, 6) is -0.865. The number of rotatable bonds is 6. The van der Waals surface area contributed by atoms with Crippen LogP contribution in [0.3, 0.4) is 0 Å². The normalized spacial score (nSPS) is 10.1. The number of ether oxygens (including phenoxy) is 1. The van der Waals surface area contributed by atoms with E-state index in [9.17, 15) is 14.0 Å². The molecule has 2 N–H and O–H groups in total. The highest BCUT2D eigenvalue weighted by Gasteiger charge is 2.12. The molecule has 0 heterocycles. The zero-order valence-electron chi connectivity index (χ0n) is 12.9. The van der Waals surface area contributed by atoms with Crippen LogP contribution in [0.4, 0.5) is 10.1 Å². The third-order valence-corrected chi connectivity index (χ3v) is 3.52. The van der Waals surface area contributed by atoms with Crippen molar-refractivity contribution in [2.24, 2.45) is 0 Å². The Morgan fingerprint density at radius 1 is 1.17 bits per heavy atom. The van der Waals surface area contributed by atoms with Crippen LogP contribution in [0.25, 0.3) is 0 Å². The summed E-state index contributed by atoms with van der Waals surface area (Å²) in [6.07, 6.45) is 0. The Morgan fingerprint density at radius 2 is 1.88 bits per heavy atom. The predicted octanol–water partition coefficient (Wildman–Crippen LogP) is 3.36. The monoisotopic (exact) mass is 394 g/mol. The van der Waals surface area contributed by atoms with Crippen molar-refractivity contribution < 1.29 is 18.7 Å². The van der Waals surface area contributed by atoms with Gasteiger partial charge in [0.2, 0.25) is 0 Å². The average molecular weight is 395 g/mol. The molecule has 0 atom stereocenters. The second-order valence-electron chi connectivity index (χ2n) is 4.84. The molecule has 24 heavy (non-hydrogen) atoms.